The van der Waals surface area contributed by atoms with Gasteiger partial charge in [-0.1, -0.05) is 25.0 Å². The molecular weight excluding hydrogens is 399 g/mol. The zero-order valence-electron chi connectivity index (χ0n) is 17.5. The summed E-state index contributed by atoms with van der Waals surface area (Å²) >= 11 is 1.64. The van der Waals surface area contributed by atoms with Crippen LogP contribution >= 0.6 is 11.3 Å². The molecule has 2 saturated carbocycles. The molecule has 2 aliphatic carbocycles. The normalized spacial score (nSPS) is 16.6. The van der Waals surface area contributed by atoms with Crippen molar-refractivity contribution in [1.82, 2.24) is 9.80 Å². The van der Waals surface area contributed by atoms with Crippen molar-refractivity contribution in [1.29, 1.82) is 0 Å². The van der Waals surface area contributed by atoms with Crippen LogP contribution in [0.25, 0.3) is 0 Å². The molecule has 2 amide bonds. The van der Waals surface area contributed by atoms with Crippen molar-refractivity contribution >= 4 is 23.2 Å². The Hall–Kier alpha value is -2.21. The Morgan fingerprint density at radius 2 is 1.73 bits per heavy atom. The number of amides is 2. The zero-order valence-corrected chi connectivity index (χ0v) is 18.3. The number of benzene rings is 1. The van der Waals surface area contributed by atoms with Crippen LogP contribution in [0.15, 0.2) is 35.7 Å². The molecule has 0 aliphatic heterocycles. The first kappa shape index (κ1) is 21.0. The van der Waals surface area contributed by atoms with E-state index in [2.05, 4.69) is 6.07 Å². The van der Waals surface area contributed by atoms with Crippen LogP contribution in [0.1, 0.15) is 54.5 Å². The number of carbonyl (C=O) groups excluding carboxylic acids is 2. The van der Waals surface area contributed by atoms with Crippen molar-refractivity contribution in [2.45, 2.75) is 64.6 Å². The molecule has 4 nitrogen and oxygen atoms in total. The molecule has 4 rings (SSSR count). The summed E-state index contributed by atoms with van der Waals surface area (Å²) < 4.78 is 13.3. The van der Waals surface area contributed by atoms with E-state index in [0.29, 0.717) is 13.1 Å². The smallest absolute Gasteiger partial charge is 0.242 e. The molecule has 30 heavy (non-hydrogen) atoms. The third kappa shape index (κ3) is 5.09. The quantitative estimate of drug-likeness (QED) is 0.600. The summed E-state index contributed by atoms with van der Waals surface area (Å²) in [6, 6.07) is 8.57. The van der Waals surface area contributed by atoms with E-state index >= 15 is 0 Å². The van der Waals surface area contributed by atoms with Crippen molar-refractivity contribution in [2.75, 3.05) is 6.54 Å². The standard InChI is InChI=1S/C24H29FN2O2S/c1-17-12-13-30-22(17)15-26(14-18-6-8-20(25)9-7-18)23(28)16-27(21-10-11-21)24(29)19-4-2-3-5-19/h6-9,12-13,19,21H,2-5,10-11,14-16H2,1H3. The molecule has 0 radical (unpaired) electrons. The fourth-order valence-corrected chi connectivity index (χ4v) is 5.13. The SMILES string of the molecule is Cc1ccsc1CN(Cc1ccc(F)cc1)C(=O)CN(C(=O)C1CCCC1)C1CC1. The Kier molecular flexibility index (Phi) is 6.52. The van der Waals surface area contributed by atoms with E-state index in [-0.39, 0.29) is 36.1 Å². The highest BCUT2D eigenvalue weighted by molar-refractivity contribution is 7.10. The van der Waals surface area contributed by atoms with Gasteiger partial charge in [0.25, 0.3) is 0 Å². The highest BCUT2D eigenvalue weighted by Crippen LogP contribution is 2.33. The number of nitrogens with zero attached hydrogens (tertiary/aromatic N) is 2. The molecule has 0 N–H and O–H groups in total. The average molecular weight is 429 g/mol. The van der Waals surface area contributed by atoms with Gasteiger partial charge in [0.2, 0.25) is 11.8 Å². The first-order valence-corrected chi connectivity index (χ1v) is 11.7. The van der Waals surface area contributed by atoms with Gasteiger partial charge >= 0.3 is 0 Å². The van der Waals surface area contributed by atoms with Gasteiger partial charge in [-0.25, -0.2) is 4.39 Å². The summed E-state index contributed by atoms with van der Waals surface area (Å²) in [7, 11) is 0. The number of halogens is 1. The summed E-state index contributed by atoms with van der Waals surface area (Å²) in [4.78, 5) is 31.2. The van der Waals surface area contributed by atoms with Crippen LogP contribution in [0.5, 0.6) is 0 Å². The highest BCUT2D eigenvalue weighted by Gasteiger charge is 2.38. The number of thiophene rings is 1. The van der Waals surface area contributed by atoms with Gasteiger partial charge in [0, 0.05) is 23.4 Å². The number of hydrogen-bond acceptors (Lipinski definition) is 3. The maximum Gasteiger partial charge on any atom is 0.242 e. The Labute approximate surface area is 181 Å². The van der Waals surface area contributed by atoms with E-state index in [9.17, 15) is 14.0 Å². The minimum Gasteiger partial charge on any atom is -0.332 e. The lowest BCUT2D eigenvalue weighted by molar-refractivity contribution is -0.144. The van der Waals surface area contributed by atoms with E-state index in [1.54, 1.807) is 23.5 Å². The van der Waals surface area contributed by atoms with E-state index in [4.69, 9.17) is 0 Å². The van der Waals surface area contributed by atoms with Crippen molar-refractivity contribution in [3.05, 3.63) is 57.5 Å². The monoisotopic (exact) mass is 428 g/mol. The summed E-state index contributed by atoms with van der Waals surface area (Å²) in [5.41, 5.74) is 2.05. The second-order valence-electron chi connectivity index (χ2n) is 8.58. The fraction of sp³-hybridized carbons (Fsp3) is 0.500. The minimum absolute atomic E-state index is 0.0367. The lowest BCUT2D eigenvalue weighted by Gasteiger charge is -2.29. The maximum atomic E-state index is 13.4. The molecule has 0 spiro atoms. The van der Waals surface area contributed by atoms with Crippen LogP contribution < -0.4 is 0 Å². The van der Waals surface area contributed by atoms with E-state index in [1.807, 2.05) is 22.1 Å². The number of hydrogen-bond donors (Lipinski definition) is 0. The highest BCUT2D eigenvalue weighted by atomic mass is 32.1. The van der Waals surface area contributed by atoms with Crippen LogP contribution in [-0.2, 0) is 22.7 Å². The van der Waals surface area contributed by atoms with Gasteiger partial charge in [-0.3, -0.25) is 9.59 Å². The topological polar surface area (TPSA) is 40.6 Å². The molecule has 1 aromatic heterocycles. The van der Waals surface area contributed by atoms with Gasteiger partial charge in [-0.05, 0) is 67.3 Å². The minimum atomic E-state index is -0.284. The van der Waals surface area contributed by atoms with Gasteiger partial charge in [-0.15, -0.1) is 11.3 Å². The van der Waals surface area contributed by atoms with E-state index in [1.165, 1.54) is 12.1 Å². The summed E-state index contributed by atoms with van der Waals surface area (Å²) in [5, 5.41) is 2.03. The van der Waals surface area contributed by atoms with Crippen LogP contribution in [0, 0.1) is 18.7 Å². The Balaban J connectivity index is 1.50. The molecule has 0 atom stereocenters. The summed E-state index contributed by atoms with van der Waals surface area (Å²) in [6.45, 7) is 3.11. The number of carbonyl (C=O) groups is 2. The largest absolute Gasteiger partial charge is 0.332 e. The lowest BCUT2D eigenvalue weighted by atomic mass is 10.1. The van der Waals surface area contributed by atoms with E-state index < -0.39 is 0 Å². The molecule has 0 unspecified atom stereocenters. The maximum absolute atomic E-state index is 13.4. The van der Waals surface area contributed by atoms with Crippen molar-refractivity contribution < 1.29 is 14.0 Å². The lowest BCUT2D eigenvalue weighted by Crippen LogP contribution is -2.45. The van der Waals surface area contributed by atoms with Gasteiger partial charge < -0.3 is 9.80 Å². The predicted octanol–water partition coefficient (Wildman–Crippen LogP) is 4.91. The first-order chi connectivity index (χ1) is 14.5. The second-order valence-corrected chi connectivity index (χ2v) is 9.58. The Morgan fingerprint density at radius 1 is 1.03 bits per heavy atom. The van der Waals surface area contributed by atoms with Crippen LogP contribution in [-0.4, -0.2) is 34.2 Å². The molecule has 160 valence electrons. The van der Waals surface area contributed by atoms with Crippen molar-refractivity contribution in [2.24, 2.45) is 5.92 Å². The van der Waals surface area contributed by atoms with Gasteiger partial charge in [0.05, 0.1) is 6.54 Å². The predicted molar refractivity (Wildman–Crippen MR) is 116 cm³/mol. The first-order valence-electron chi connectivity index (χ1n) is 10.9. The van der Waals surface area contributed by atoms with Crippen LogP contribution in [0.4, 0.5) is 4.39 Å². The van der Waals surface area contributed by atoms with E-state index in [0.717, 1.165) is 54.5 Å². The van der Waals surface area contributed by atoms with Gasteiger partial charge in [-0.2, -0.15) is 0 Å². The molecule has 1 heterocycles. The van der Waals surface area contributed by atoms with Crippen LogP contribution in [0.3, 0.4) is 0 Å². The number of aryl methyl sites for hydroxylation is 1. The number of rotatable bonds is 8. The molecule has 6 heteroatoms. The second kappa shape index (κ2) is 9.29. The molecule has 0 bridgehead atoms. The summed E-state index contributed by atoms with van der Waals surface area (Å²) in [5.74, 6) is -0.0703. The van der Waals surface area contributed by atoms with Gasteiger partial charge in [0.15, 0.2) is 0 Å². The molecule has 0 saturated heterocycles. The molecule has 2 aliphatic rings. The van der Waals surface area contributed by atoms with Crippen molar-refractivity contribution in [3.8, 4) is 0 Å². The third-order valence-corrected chi connectivity index (χ3v) is 7.23. The van der Waals surface area contributed by atoms with Crippen LogP contribution in [0.2, 0.25) is 0 Å². The molecule has 2 aromatic rings. The zero-order chi connectivity index (χ0) is 21.1. The molecule has 1 aromatic carbocycles. The molecular formula is C24H29FN2O2S. The van der Waals surface area contributed by atoms with Gasteiger partial charge in [0.1, 0.15) is 12.4 Å². The summed E-state index contributed by atoms with van der Waals surface area (Å²) in [6.07, 6.45) is 6.10. The fourth-order valence-electron chi connectivity index (χ4n) is 4.21. The van der Waals surface area contributed by atoms with Crippen molar-refractivity contribution in [3.63, 3.8) is 0 Å². The third-order valence-electron chi connectivity index (χ3n) is 6.22. The average Bonchev–Trinajstić information content (AvgIpc) is 3.26. The Morgan fingerprint density at radius 3 is 2.33 bits per heavy atom. The molecule has 2 fully saturated rings. The Bertz CT molecular complexity index is 885.